The number of carbonyl (C=O) groups is 2. The number of nitrogens with zero attached hydrogens (tertiary/aromatic N) is 3. The average Bonchev–Trinajstić information content (AvgIpc) is 3.49. The Morgan fingerprint density at radius 2 is 1.88 bits per heavy atom. The summed E-state index contributed by atoms with van der Waals surface area (Å²) in [6.07, 6.45) is 5.18. The van der Waals surface area contributed by atoms with Crippen molar-refractivity contribution in [1.82, 2.24) is 20.0 Å². The van der Waals surface area contributed by atoms with Crippen molar-refractivity contribution in [3.63, 3.8) is 0 Å². The molecule has 1 atom stereocenters. The first-order valence-electron chi connectivity index (χ1n) is 12.0. The van der Waals surface area contributed by atoms with E-state index in [0.717, 1.165) is 30.6 Å². The molecule has 1 aromatic heterocycles. The molecule has 7 nitrogen and oxygen atoms in total. The van der Waals surface area contributed by atoms with Crippen molar-refractivity contribution < 1.29 is 14.3 Å². The van der Waals surface area contributed by atoms with Gasteiger partial charge in [0.15, 0.2) is 0 Å². The van der Waals surface area contributed by atoms with Crippen LogP contribution in [0.15, 0.2) is 60.8 Å². The number of benzene rings is 2. The summed E-state index contributed by atoms with van der Waals surface area (Å²) in [5.74, 6) is 0.328. The molecule has 1 N–H and O–H groups in total. The lowest BCUT2D eigenvalue weighted by Crippen LogP contribution is -2.46. The van der Waals surface area contributed by atoms with Gasteiger partial charge in [0, 0.05) is 19.3 Å². The van der Waals surface area contributed by atoms with Crippen molar-refractivity contribution in [1.29, 1.82) is 0 Å². The summed E-state index contributed by atoms with van der Waals surface area (Å²) in [5.41, 5.74) is 3.70. The predicted molar refractivity (Wildman–Crippen MR) is 131 cm³/mol. The molecule has 2 aromatic carbocycles. The fraction of sp³-hybridized carbons (Fsp3) is 0.370. The van der Waals surface area contributed by atoms with Crippen LogP contribution >= 0.6 is 0 Å². The molecule has 0 saturated carbocycles. The molecule has 0 radical (unpaired) electrons. The van der Waals surface area contributed by atoms with Gasteiger partial charge >= 0.3 is 0 Å². The number of amides is 2. The van der Waals surface area contributed by atoms with Crippen molar-refractivity contribution in [3.8, 4) is 11.4 Å². The quantitative estimate of drug-likeness (QED) is 0.491. The summed E-state index contributed by atoms with van der Waals surface area (Å²) in [6, 6.07) is 16.8. The highest BCUT2D eigenvalue weighted by Gasteiger charge is 2.35. The standard InChI is InChI=1S/C27H32N4O3/c1-3-34-25-16-8-7-14-23(25)27(33)30-18-10-15-24(30)26(32)28-17-9-11-21-19-31(29-20(21)2)22-12-5-4-6-13-22/h4-8,12-14,16,19,24H,3,9-11,15,17-18H2,1-2H3,(H,28,32). The zero-order chi connectivity index (χ0) is 23.9. The third-order valence-corrected chi connectivity index (χ3v) is 6.18. The zero-order valence-electron chi connectivity index (χ0n) is 19.9. The molecular formula is C27H32N4O3. The Labute approximate surface area is 200 Å². The van der Waals surface area contributed by atoms with E-state index < -0.39 is 6.04 Å². The highest BCUT2D eigenvalue weighted by atomic mass is 16.5. The minimum Gasteiger partial charge on any atom is -0.493 e. The molecule has 7 heteroatoms. The van der Waals surface area contributed by atoms with Gasteiger partial charge in [-0.2, -0.15) is 5.10 Å². The minimum atomic E-state index is -0.440. The number of para-hydroxylation sites is 2. The van der Waals surface area contributed by atoms with E-state index in [9.17, 15) is 9.59 Å². The first kappa shape index (κ1) is 23.5. The Bertz CT molecular complexity index is 1130. The van der Waals surface area contributed by atoms with E-state index in [2.05, 4.69) is 16.6 Å². The van der Waals surface area contributed by atoms with Gasteiger partial charge in [-0.3, -0.25) is 9.59 Å². The first-order chi connectivity index (χ1) is 16.6. The number of hydrogen-bond acceptors (Lipinski definition) is 4. The minimum absolute atomic E-state index is 0.0866. The largest absolute Gasteiger partial charge is 0.493 e. The SMILES string of the molecule is CCOc1ccccc1C(=O)N1CCCC1C(=O)NCCCc1cn(-c2ccccc2)nc1C. The molecule has 0 aliphatic carbocycles. The molecule has 1 saturated heterocycles. The van der Waals surface area contributed by atoms with Crippen molar-refractivity contribution in [2.24, 2.45) is 0 Å². The van der Waals surface area contributed by atoms with Gasteiger partial charge in [-0.25, -0.2) is 4.68 Å². The summed E-state index contributed by atoms with van der Waals surface area (Å²) in [4.78, 5) is 27.8. The van der Waals surface area contributed by atoms with Crippen LogP contribution in [0.1, 0.15) is 47.8 Å². The van der Waals surface area contributed by atoms with Gasteiger partial charge < -0.3 is 15.0 Å². The third-order valence-electron chi connectivity index (χ3n) is 6.18. The second-order valence-corrected chi connectivity index (χ2v) is 8.50. The Morgan fingerprint density at radius 1 is 1.12 bits per heavy atom. The number of rotatable bonds is 9. The van der Waals surface area contributed by atoms with Gasteiger partial charge in [0.05, 0.1) is 23.6 Å². The maximum atomic E-state index is 13.2. The monoisotopic (exact) mass is 460 g/mol. The van der Waals surface area contributed by atoms with E-state index in [4.69, 9.17) is 4.74 Å². The Kier molecular flexibility index (Phi) is 7.62. The first-order valence-corrected chi connectivity index (χ1v) is 12.0. The van der Waals surface area contributed by atoms with E-state index in [0.29, 0.717) is 37.4 Å². The summed E-state index contributed by atoms with van der Waals surface area (Å²) in [7, 11) is 0. The number of aromatic nitrogens is 2. The van der Waals surface area contributed by atoms with E-state index in [1.165, 1.54) is 5.56 Å². The number of ether oxygens (including phenoxy) is 1. The zero-order valence-corrected chi connectivity index (χ0v) is 19.9. The Morgan fingerprint density at radius 3 is 2.68 bits per heavy atom. The molecule has 178 valence electrons. The fourth-order valence-electron chi connectivity index (χ4n) is 4.42. The van der Waals surface area contributed by atoms with Gasteiger partial charge in [0.1, 0.15) is 11.8 Å². The third kappa shape index (κ3) is 5.30. The summed E-state index contributed by atoms with van der Waals surface area (Å²) in [5, 5.41) is 7.65. The smallest absolute Gasteiger partial charge is 0.258 e. The van der Waals surface area contributed by atoms with Gasteiger partial charge in [0.25, 0.3) is 5.91 Å². The van der Waals surface area contributed by atoms with Gasteiger partial charge in [-0.15, -0.1) is 0 Å². The Hall–Kier alpha value is -3.61. The lowest BCUT2D eigenvalue weighted by molar-refractivity contribution is -0.124. The predicted octanol–water partition coefficient (Wildman–Crippen LogP) is 3.93. The fourth-order valence-corrected chi connectivity index (χ4v) is 4.42. The number of likely N-dealkylation sites (tertiary alicyclic amines) is 1. The molecule has 2 heterocycles. The van der Waals surface area contributed by atoms with Crippen LogP contribution < -0.4 is 10.1 Å². The van der Waals surface area contributed by atoms with Crippen LogP contribution in [-0.2, 0) is 11.2 Å². The summed E-state index contributed by atoms with van der Waals surface area (Å²) >= 11 is 0. The van der Waals surface area contributed by atoms with Crippen molar-refractivity contribution in [2.75, 3.05) is 19.7 Å². The number of nitrogens with one attached hydrogen (secondary N) is 1. The van der Waals surface area contributed by atoms with Crippen molar-refractivity contribution in [3.05, 3.63) is 77.6 Å². The van der Waals surface area contributed by atoms with Crippen LogP contribution in [0, 0.1) is 6.92 Å². The number of carbonyl (C=O) groups excluding carboxylic acids is 2. The highest BCUT2D eigenvalue weighted by molar-refractivity contribution is 6.00. The molecule has 1 aliphatic rings. The molecule has 1 fully saturated rings. The molecule has 3 aromatic rings. The topological polar surface area (TPSA) is 76.5 Å². The molecule has 0 spiro atoms. The lowest BCUT2D eigenvalue weighted by Gasteiger charge is -2.25. The number of aryl methyl sites for hydroxylation is 2. The molecule has 4 rings (SSSR count). The maximum Gasteiger partial charge on any atom is 0.258 e. The lowest BCUT2D eigenvalue weighted by atomic mass is 10.1. The van der Waals surface area contributed by atoms with Crippen molar-refractivity contribution in [2.45, 2.75) is 45.6 Å². The second kappa shape index (κ2) is 11.0. The van der Waals surface area contributed by atoms with E-state index in [1.807, 2.05) is 61.0 Å². The molecular weight excluding hydrogens is 428 g/mol. The average molecular weight is 461 g/mol. The molecule has 0 bridgehead atoms. The van der Waals surface area contributed by atoms with E-state index in [1.54, 1.807) is 17.0 Å². The maximum absolute atomic E-state index is 13.2. The van der Waals surface area contributed by atoms with Gasteiger partial charge in [-0.05, 0) is 69.4 Å². The highest BCUT2D eigenvalue weighted by Crippen LogP contribution is 2.25. The van der Waals surface area contributed by atoms with Crippen LogP contribution in [0.4, 0.5) is 0 Å². The molecule has 34 heavy (non-hydrogen) atoms. The second-order valence-electron chi connectivity index (χ2n) is 8.50. The van der Waals surface area contributed by atoms with E-state index >= 15 is 0 Å². The molecule has 1 unspecified atom stereocenters. The molecule has 1 aliphatic heterocycles. The van der Waals surface area contributed by atoms with Crippen LogP contribution in [-0.4, -0.2) is 52.2 Å². The van der Waals surface area contributed by atoms with Crippen LogP contribution in [0.25, 0.3) is 5.69 Å². The van der Waals surface area contributed by atoms with Gasteiger partial charge in [0.2, 0.25) is 5.91 Å². The van der Waals surface area contributed by atoms with E-state index in [-0.39, 0.29) is 11.8 Å². The number of hydrogen-bond donors (Lipinski definition) is 1. The van der Waals surface area contributed by atoms with Crippen LogP contribution in [0.3, 0.4) is 0 Å². The van der Waals surface area contributed by atoms with Crippen LogP contribution in [0.2, 0.25) is 0 Å². The molecule has 2 amide bonds. The normalized spacial score (nSPS) is 15.4. The van der Waals surface area contributed by atoms with Crippen molar-refractivity contribution >= 4 is 11.8 Å². The summed E-state index contributed by atoms with van der Waals surface area (Å²) < 4.78 is 7.51. The van der Waals surface area contributed by atoms with Crippen LogP contribution in [0.5, 0.6) is 5.75 Å². The summed E-state index contributed by atoms with van der Waals surface area (Å²) in [6.45, 7) is 5.52. The Balaban J connectivity index is 1.31. The van der Waals surface area contributed by atoms with Gasteiger partial charge in [-0.1, -0.05) is 30.3 Å².